The summed E-state index contributed by atoms with van der Waals surface area (Å²) < 4.78 is 13.7. The van der Waals surface area contributed by atoms with Crippen molar-refractivity contribution in [3.8, 4) is 0 Å². The molecule has 2 aromatic rings. The third-order valence-corrected chi connectivity index (χ3v) is 6.03. The Hall–Kier alpha value is -2.23. The lowest BCUT2D eigenvalue weighted by atomic mass is 9.99. The Bertz CT molecular complexity index is 878. The van der Waals surface area contributed by atoms with Gasteiger partial charge in [0.05, 0.1) is 30.6 Å². The summed E-state index contributed by atoms with van der Waals surface area (Å²) in [7, 11) is 4.06. The summed E-state index contributed by atoms with van der Waals surface area (Å²) in [6.07, 6.45) is 4.82. The van der Waals surface area contributed by atoms with E-state index in [2.05, 4.69) is 26.9 Å². The number of hydrogen-bond acceptors (Lipinski definition) is 7. The zero-order valence-electron chi connectivity index (χ0n) is 18.4. The van der Waals surface area contributed by atoms with Crippen molar-refractivity contribution in [3.05, 3.63) is 35.3 Å². The highest BCUT2D eigenvalue weighted by molar-refractivity contribution is 5.92. The Balaban J connectivity index is 1.60. The molecule has 0 aromatic carbocycles. The number of carbonyl (C=O) groups excluding carboxylic acids is 1. The number of nitrogens with zero attached hydrogens (tertiary/aromatic N) is 6. The van der Waals surface area contributed by atoms with Crippen LogP contribution in [0.25, 0.3) is 0 Å². The molecule has 4 rings (SSSR count). The van der Waals surface area contributed by atoms with Gasteiger partial charge in [-0.2, -0.15) is 5.10 Å². The molecule has 1 amide bonds. The van der Waals surface area contributed by atoms with Crippen LogP contribution in [-0.2, 0) is 11.8 Å². The molecule has 2 fully saturated rings. The number of aryl methyl sites for hydroxylation is 3. The van der Waals surface area contributed by atoms with Crippen molar-refractivity contribution in [2.45, 2.75) is 32.4 Å². The summed E-state index contributed by atoms with van der Waals surface area (Å²) in [6.45, 7) is 9.58. The van der Waals surface area contributed by atoms with Crippen LogP contribution in [0.15, 0.2) is 16.8 Å². The molecular formula is C21H32N6O3. The molecule has 30 heavy (non-hydrogen) atoms. The van der Waals surface area contributed by atoms with E-state index in [0.29, 0.717) is 30.5 Å². The number of likely N-dealkylation sites (N-methyl/N-ethyl adjacent to an activating group) is 1. The molecule has 9 heteroatoms. The topological polar surface area (TPSA) is 79.9 Å². The van der Waals surface area contributed by atoms with E-state index in [-0.39, 0.29) is 18.1 Å². The highest BCUT2D eigenvalue weighted by Crippen LogP contribution is 2.32. The maximum absolute atomic E-state index is 13.4. The summed E-state index contributed by atoms with van der Waals surface area (Å²) in [5.74, 6) is 0.691. The Morgan fingerprint density at radius 3 is 2.70 bits per heavy atom. The van der Waals surface area contributed by atoms with E-state index in [0.717, 1.165) is 44.7 Å². The predicted octanol–water partition coefficient (Wildman–Crippen LogP) is 1.24. The Morgan fingerprint density at radius 2 is 2.00 bits per heavy atom. The van der Waals surface area contributed by atoms with E-state index < -0.39 is 0 Å². The Morgan fingerprint density at radius 1 is 1.17 bits per heavy atom. The molecule has 0 radical (unpaired) electrons. The Labute approximate surface area is 177 Å². The van der Waals surface area contributed by atoms with E-state index in [1.807, 2.05) is 31.3 Å². The minimum Gasteiger partial charge on any atom is -0.436 e. The molecule has 0 unspecified atom stereocenters. The lowest BCUT2D eigenvalue weighted by Crippen LogP contribution is -2.52. The fourth-order valence-electron chi connectivity index (χ4n) is 4.50. The molecule has 2 saturated heterocycles. The van der Waals surface area contributed by atoms with Crippen LogP contribution in [-0.4, -0.2) is 94.4 Å². The van der Waals surface area contributed by atoms with Crippen LogP contribution in [0.1, 0.15) is 40.2 Å². The number of amides is 1. The number of hydrogen-bond donors (Lipinski definition) is 0. The van der Waals surface area contributed by atoms with Gasteiger partial charge in [0, 0.05) is 51.9 Å². The highest BCUT2D eigenvalue weighted by Gasteiger charge is 2.40. The average molecular weight is 417 g/mol. The van der Waals surface area contributed by atoms with Gasteiger partial charge in [-0.05, 0) is 33.5 Å². The summed E-state index contributed by atoms with van der Waals surface area (Å²) in [5.41, 5.74) is 1.61. The van der Waals surface area contributed by atoms with Crippen LogP contribution >= 0.6 is 0 Å². The molecule has 2 atom stereocenters. The quantitative estimate of drug-likeness (QED) is 0.742. The molecule has 0 bridgehead atoms. The number of morpholine rings is 1. The molecule has 2 aromatic heterocycles. The maximum atomic E-state index is 13.4. The number of carbonyl (C=O) groups is 1. The normalized spacial score (nSPS) is 24.2. The predicted molar refractivity (Wildman–Crippen MR) is 111 cm³/mol. The van der Waals surface area contributed by atoms with Crippen LogP contribution < -0.4 is 0 Å². The van der Waals surface area contributed by atoms with Gasteiger partial charge in [-0.3, -0.25) is 14.4 Å². The zero-order valence-corrected chi connectivity index (χ0v) is 18.4. The fraction of sp³-hybridized carbons (Fsp3) is 0.667. The standard InChI is InChI=1S/C21H32N6O3/c1-15-20(30-16(2)23-15)21(28)27-10-11-29-18(19(27)17-12-22-25(4)13-17)14-26-7-5-6-24(3)8-9-26/h12-13,18-19H,5-11,14H2,1-4H3/t18-,19-/m0/s1. The molecule has 0 aliphatic carbocycles. The highest BCUT2D eigenvalue weighted by atomic mass is 16.5. The molecule has 164 valence electrons. The summed E-state index contributed by atoms with van der Waals surface area (Å²) in [5, 5.41) is 4.35. The number of aromatic nitrogens is 3. The summed E-state index contributed by atoms with van der Waals surface area (Å²) in [4.78, 5) is 24.4. The van der Waals surface area contributed by atoms with E-state index in [1.165, 1.54) is 0 Å². The smallest absolute Gasteiger partial charge is 0.292 e. The van der Waals surface area contributed by atoms with Gasteiger partial charge in [-0.15, -0.1) is 0 Å². The van der Waals surface area contributed by atoms with Crippen LogP contribution in [0.2, 0.25) is 0 Å². The maximum Gasteiger partial charge on any atom is 0.292 e. The lowest BCUT2D eigenvalue weighted by molar-refractivity contribution is -0.0730. The SMILES string of the molecule is Cc1nc(C)c(C(=O)N2CCO[C@@H](CN3CCCN(C)CC3)[C@@H]2c2cnn(C)c2)o1. The third-order valence-electron chi connectivity index (χ3n) is 6.03. The minimum absolute atomic E-state index is 0.125. The van der Waals surface area contributed by atoms with Gasteiger partial charge >= 0.3 is 0 Å². The third kappa shape index (κ3) is 4.43. The van der Waals surface area contributed by atoms with Crippen molar-refractivity contribution in [1.82, 2.24) is 29.5 Å². The van der Waals surface area contributed by atoms with Crippen LogP contribution in [0.3, 0.4) is 0 Å². The van der Waals surface area contributed by atoms with Crippen LogP contribution in [0.5, 0.6) is 0 Å². The van der Waals surface area contributed by atoms with Gasteiger partial charge in [0.15, 0.2) is 5.89 Å². The summed E-state index contributed by atoms with van der Waals surface area (Å²) in [6, 6.07) is -0.217. The van der Waals surface area contributed by atoms with Crippen LogP contribution in [0.4, 0.5) is 0 Å². The molecule has 4 heterocycles. The second kappa shape index (κ2) is 8.87. The van der Waals surface area contributed by atoms with Crippen molar-refractivity contribution in [3.63, 3.8) is 0 Å². The van der Waals surface area contributed by atoms with E-state index in [9.17, 15) is 4.79 Å². The van der Waals surface area contributed by atoms with Crippen molar-refractivity contribution >= 4 is 5.91 Å². The zero-order chi connectivity index (χ0) is 21.3. The first-order valence-corrected chi connectivity index (χ1v) is 10.7. The molecule has 2 aliphatic rings. The van der Waals surface area contributed by atoms with E-state index >= 15 is 0 Å². The number of ether oxygens (including phenoxy) is 1. The van der Waals surface area contributed by atoms with E-state index in [1.54, 1.807) is 11.6 Å². The average Bonchev–Trinajstić information content (AvgIpc) is 3.22. The molecule has 0 N–H and O–H groups in total. The first kappa shape index (κ1) is 21.0. The number of oxazole rings is 1. The Kier molecular flexibility index (Phi) is 6.21. The van der Waals surface area contributed by atoms with Gasteiger partial charge in [-0.25, -0.2) is 4.98 Å². The van der Waals surface area contributed by atoms with Gasteiger partial charge in [0.2, 0.25) is 5.76 Å². The van der Waals surface area contributed by atoms with Crippen LogP contribution in [0, 0.1) is 13.8 Å². The van der Waals surface area contributed by atoms with Gasteiger partial charge in [-0.1, -0.05) is 0 Å². The largest absolute Gasteiger partial charge is 0.436 e. The lowest BCUT2D eigenvalue weighted by Gasteiger charge is -2.42. The second-order valence-corrected chi connectivity index (χ2v) is 8.40. The van der Waals surface area contributed by atoms with Crippen molar-refractivity contribution < 1.29 is 13.9 Å². The van der Waals surface area contributed by atoms with Gasteiger partial charge in [0.25, 0.3) is 5.91 Å². The van der Waals surface area contributed by atoms with Gasteiger partial charge in [0.1, 0.15) is 0 Å². The monoisotopic (exact) mass is 416 g/mol. The first-order chi connectivity index (χ1) is 14.4. The molecule has 2 aliphatic heterocycles. The van der Waals surface area contributed by atoms with E-state index in [4.69, 9.17) is 9.15 Å². The second-order valence-electron chi connectivity index (χ2n) is 8.40. The molecule has 0 saturated carbocycles. The number of rotatable bonds is 4. The molecule has 9 nitrogen and oxygen atoms in total. The molecular weight excluding hydrogens is 384 g/mol. The fourth-order valence-corrected chi connectivity index (χ4v) is 4.50. The minimum atomic E-state index is -0.217. The van der Waals surface area contributed by atoms with Crippen molar-refractivity contribution in [1.29, 1.82) is 0 Å². The molecule has 0 spiro atoms. The summed E-state index contributed by atoms with van der Waals surface area (Å²) >= 11 is 0. The first-order valence-electron chi connectivity index (χ1n) is 10.7. The van der Waals surface area contributed by atoms with Gasteiger partial charge < -0.3 is 19.0 Å². The van der Waals surface area contributed by atoms with Crippen molar-refractivity contribution in [2.75, 3.05) is 52.9 Å². The van der Waals surface area contributed by atoms with Crippen molar-refractivity contribution in [2.24, 2.45) is 7.05 Å².